The Balaban J connectivity index is 1.04. The summed E-state index contributed by atoms with van der Waals surface area (Å²) >= 11 is 0. The predicted molar refractivity (Wildman–Crippen MR) is 198 cm³/mol. The Labute approximate surface area is 312 Å². The number of ether oxygens (including phenoxy) is 8. The van der Waals surface area contributed by atoms with Crippen LogP contribution in [0.15, 0.2) is 115 Å². The molecule has 3 aliphatic heterocycles. The Morgan fingerprint density at radius 2 is 1.28 bits per heavy atom. The van der Waals surface area contributed by atoms with Crippen molar-refractivity contribution in [2.24, 2.45) is 0 Å². The molecular formula is C44H50O9. The van der Waals surface area contributed by atoms with Crippen LogP contribution in [0.1, 0.15) is 60.6 Å². The number of ketones is 1. The first-order valence-corrected chi connectivity index (χ1v) is 18.8. The molecule has 8 atom stereocenters. The standard InChI is InChI=1S/C44H50O9/c1-46-35-19-17-33(18-20-35)29-48-37-21-22-38-43(30-50-44(53-38)34-15-9-4-10-16-34)52-42(37)26-40-36(45)25-41(49-28-32-13-7-3-8-14-32)39(51-40)23-24-47-27-31-11-5-2-6-12-31/h2-20,37-44H,21-30H2,1H3/t37-,38+,39+,40-,41-,42+,43-,44-/m1/s1. The molecule has 280 valence electrons. The molecule has 3 saturated heterocycles. The summed E-state index contributed by atoms with van der Waals surface area (Å²) in [5.41, 5.74) is 4.15. The zero-order chi connectivity index (χ0) is 36.2. The van der Waals surface area contributed by atoms with E-state index < -0.39 is 24.6 Å². The number of hydrogen-bond acceptors (Lipinski definition) is 9. The van der Waals surface area contributed by atoms with Gasteiger partial charge in [-0.1, -0.05) is 103 Å². The van der Waals surface area contributed by atoms with Crippen molar-refractivity contribution in [3.63, 3.8) is 0 Å². The molecule has 4 aromatic rings. The highest BCUT2D eigenvalue weighted by atomic mass is 16.7. The molecule has 0 aliphatic carbocycles. The van der Waals surface area contributed by atoms with Gasteiger partial charge in [0.15, 0.2) is 12.1 Å². The van der Waals surface area contributed by atoms with Crippen molar-refractivity contribution in [1.82, 2.24) is 0 Å². The van der Waals surface area contributed by atoms with Gasteiger partial charge in [0.05, 0.1) is 64.1 Å². The number of Topliss-reactive ketones (excluding diaryl/α,β-unsaturated/α-hetero) is 1. The lowest BCUT2D eigenvalue weighted by Crippen LogP contribution is -2.49. The van der Waals surface area contributed by atoms with Gasteiger partial charge in [-0.05, 0) is 48.1 Å². The summed E-state index contributed by atoms with van der Waals surface area (Å²) in [4.78, 5) is 13.9. The van der Waals surface area contributed by atoms with E-state index in [1.807, 2.05) is 115 Å². The van der Waals surface area contributed by atoms with Gasteiger partial charge in [-0.2, -0.15) is 0 Å². The fourth-order valence-corrected chi connectivity index (χ4v) is 7.29. The number of carbonyl (C=O) groups is 1. The zero-order valence-corrected chi connectivity index (χ0v) is 30.3. The fraction of sp³-hybridized carbons (Fsp3) is 0.432. The highest BCUT2D eigenvalue weighted by Crippen LogP contribution is 2.36. The molecule has 3 heterocycles. The van der Waals surface area contributed by atoms with Crippen molar-refractivity contribution < 1.29 is 42.7 Å². The van der Waals surface area contributed by atoms with Crippen LogP contribution < -0.4 is 4.74 Å². The molecule has 0 amide bonds. The van der Waals surface area contributed by atoms with Gasteiger partial charge >= 0.3 is 0 Å². The SMILES string of the molecule is COc1ccc(CO[C@@H]2CC[C@@H]3O[C@H](c4ccccc4)OC[C@H]3O[C@H]2C[C@H]2O[C@@H](CCOCc3ccccc3)[C@H](OCc3ccccc3)CC2=O)cc1. The van der Waals surface area contributed by atoms with Crippen LogP contribution in [0, 0.1) is 0 Å². The second kappa shape index (κ2) is 18.9. The van der Waals surface area contributed by atoms with Crippen molar-refractivity contribution in [1.29, 1.82) is 0 Å². The number of rotatable bonds is 15. The van der Waals surface area contributed by atoms with E-state index >= 15 is 0 Å². The first kappa shape index (κ1) is 37.4. The fourth-order valence-electron chi connectivity index (χ4n) is 7.29. The predicted octanol–water partition coefficient (Wildman–Crippen LogP) is 7.55. The van der Waals surface area contributed by atoms with Gasteiger partial charge < -0.3 is 37.9 Å². The van der Waals surface area contributed by atoms with Crippen LogP contribution in [-0.4, -0.2) is 68.8 Å². The summed E-state index contributed by atoms with van der Waals surface area (Å²) in [5.74, 6) is 0.792. The van der Waals surface area contributed by atoms with Crippen LogP contribution in [0.4, 0.5) is 0 Å². The quantitative estimate of drug-likeness (QED) is 0.115. The lowest BCUT2D eigenvalue weighted by atomic mass is 9.92. The van der Waals surface area contributed by atoms with Crippen LogP contribution in [0.3, 0.4) is 0 Å². The maximum absolute atomic E-state index is 13.9. The molecule has 7 rings (SSSR count). The Bertz CT molecular complexity index is 1670. The van der Waals surface area contributed by atoms with Crippen LogP contribution in [-0.2, 0) is 57.8 Å². The molecule has 0 bridgehead atoms. The molecule has 0 aromatic heterocycles. The molecule has 0 unspecified atom stereocenters. The van der Waals surface area contributed by atoms with E-state index in [0.29, 0.717) is 52.3 Å². The minimum absolute atomic E-state index is 0.00287. The molecule has 4 aromatic carbocycles. The molecule has 9 nitrogen and oxygen atoms in total. The first-order chi connectivity index (χ1) is 26.1. The van der Waals surface area contributed by atoms with Crippen LogP contribution >= 0.6 is 0 Å². The highest BCUT2D eigenvalue weighted by molar-refractivity contribution is 5.84. The maximum atomic E-state index is 13.9. The Kier molecular flexibility index (Phi) is 13.3. The van der Waals surface area contributed by atoms with Crippen molar-refractivity contribution in [3.05, 3.63) is 138 Å². The Hall–Kier alpha value is -3.93. The second-order valence-electron chi connectivity index (χ2n) is 14.0. The normalized spacial score (nSPS) is 27.5. The van der Waals surface area contributed by atoms with Gasteiger partial charge in [-0.15, -0.1) is 0 Å². The van der Waals surface area contributed by atoms with Gasteiger partial charge in [0.2, 0.25) is 0 Å². The van der Waals surface area contributed by atoms with E-state index in [2.05, 4.69) is 0 Å². The molecule has 53 heavy (non-hydrogen) atoms. The molecular weight excluding hydrogens is 672 g/mol. The van der Waals surface area contributed by atoms with Gasteiger partial charge in [-0.25, -0.2) is 0 Å². The third-order valence-corrected chi connectivity index (χ3v) is 10.2. The van der Waals surface area contributed by atoms with E-state index in [9.17, 15) is 4.79 Å². The summed E-state index contributed by atoms with van der Waals surface area (Å²) in [6, 6.07) is 37.9. The van der Waals surface area contributed by atoms with Gasteiger partial charge in [-0.3, -0.25) is 4.79 Å². The lowest BCUT2D eigenvalue weighted by Gasteiger charge is -2.39. The van der Waals surface area contributed by atoms with Gasteiger partial charge in [0, 0.05) is 25.0 Å². The van der Waals surface area contributed by atoms with E-state index in [0.717, 1.165) is 34.4 Å². The summed E-state index contributed by atoms with van der Waals surface area (Å²) in [6.07, 6.45) is -0.444. The van der Waals surface area contributed by atoms with Crippen molar-refractivity contribution in [2.75, 3.05) is 20.3 Å². The maximum Gasteiger partial charge on any atom is 0.184 e. The van der Waals surface area contributed by atoms with Crippen LogP contribution in [0.2, 0.25) is 0 Å². The van der Waals surface area contributed by atoms with Crippen molar-refractivity contribution >= 4 is 5.78 Å². The van der Waals surface area contributed by atoms with E-state index in [-0.39, 0.29) is 36.6 Å². The number of fused-ring (bicyclic) bond motifs is 1. The molecule has 0 spiro atoms. The van der Waals surface area contributed by atoms with Crippen molar-refractivity contribution in [2.45, 2.75) is 101 Å². The summed E-state index contributed by atoms with van der Waals surface area (Å²) in [6.45, 7) is 2.15. The summed E-state index contributed by atoms with van der Waals surface area (Å²) < 4.78 is 50.6. The number of hydrogen-bond donors (Lipinski definition) is 0. The minimum Gasteiger partial charge on any atom is -0.497 e. The third-order valence-electron chi connectivity index (χ3n) is 10.2. The minimum atomic E-state index is -0.679. The van der Waals surface area contributed by atoms with Crippen LogP contribution in [0.5, 0.6) is 5.75 Å². The first-order valence-electron chi connectivity index (χ1n) is 18.8. The lowest BCUT2D eigenvalue weighted by molar-refractivity contribution is -0.273. The van der Waals surface area contributed by atoms with E-state index in [4.69, 9.17) is 37.9 Å². The third kappa shape index (κ3) is 10.4. The average molecular weight is 723 g/mol. The van der Waals surface area contributed by atoms with E-state index in [1.165, 1.54) is 0 Å². The second-order valence-corrected chi connectivity index (χ2v) is 14.0. The number of carbonyl (C=O) groups excluding carboxylic acids is 1. The van der Waals surface area contributed by atoms with Gasteiger partial charge in [0.25, 0.3) is 0 Å². The number of benzene rings is 4. The monoisotopic (exact) mass is 722 g/mol. The van der Waals surface area contributed by atoms with E-state index in [1.54, 1.807) is 7.11 Å². The summed E-state index contributed by atoms with van der Waals surface area (Å²) in [7, 11) is 1.65. The largest absolute Gasteiger partial charge is 0.497 e. The molecule has 0 radical (unpaired) electrons. The molecule has 9 heteroatoms. The Morgan fingerprint density at radius 3 is 1.98 bits per heavy atom. The Morgan fingerprint density at radius 1 is 0.642 bits per heavy atom. The smallest absolute Gasteiger partial charge is 0.184 e. The van der Waals surface area contributed by atoms with Crippen LogP contribution in [0.25, 0.3) is 0 Å². The molecule has 3 fully saturated rings. The van der Waals surface area contributed by atoms with Gasteiger partial charge in [0.1, 0.15) is 18.0 Å². The average Bonchev–Trinajstić information content (AvgIpc) is 3.38. The zero-order valence-electron chi connectivity index (χ0n) is 30.3. The topological polar surface area (TPSA) is 90.9 Å². The summed E-state index contributed by atoms with van der Waals surface area (Å²) in [5, 5.41) is 0. The number of methoxy groups -OCH3 is 1. The molecule has 0 N–H and O–H groups in total. The molecule has 3 aliphatic rings. The van der Waals surface area contributed by atoms with Crippen molar-refractivity contribution in [3.8, 4) is 5.75 Å². The molecule has 0 saturated carbocycles. The highest BCUT2D eigenvalue weighted by Gasteiger charge is 2.44.